The average molecular weight is 369 g/mol. The van der Waals surface area contributed by atoms with Crippen molar-refractivity contribution in [1.82, 2.24) is 5.32 Å². The number of alkyl carbamates (subject to hydrolysis) is 1. The van der Waals surface area contributed by atoms with E-state index in [2.05, 4.69) is 5.32 Å². The van der Waals surface area contributed by atoms with Gasteiger partial charge in [-0.2, -0.15) is 0 Å². The molecule has 1 N–H and O–H groups in total. The lowest BCUT2D eigenvalue weighted by atomic mass is 10.1. The standard InChI is InChI=1S/C17H23NO6S/c1-4-22-17(23-5-2)10-13(14-15(17)24-16(19)18-14)25(20,21)12-8-6-11(3)7-9-12/h6-9,13-15H,4-5,10H2,1-3H3,(H,18,19)/t13?,14-,15-/m0/s1. The SMILES string of the molecule is CCOC1(OCC)CC(S(=O)(=O)c2ccc(C)cc2)[C@@H]2NC(=O)O[C@@H]21. The van der Waals surface area contributed by atoms with Gasteiger partial charge in [0.2, 0.25) is 5.79 Å². The second-order valence-corrected chi connectivity index (χ2v) is 8.44. The molecular formula is C17H23NO6S. The Morgan fingerprint density at radius 3 is 2.36 bits per heavy atom. The lowest BCUT2D eigenvalue weighted by Crippen LogP contribution is -2.47. The van der Waals surface area contributed by atoms with Gasteiger partial charge in [0.05, 0.1) is 16.2 Å². The highest BCUT2D eigenvalue weighted by Crippen LogP contribution is 2.44. The second-order valence-electron chi connectivity index (χ2n) is 6.27. The molecule has 1 unspecified atom stereocenters. The molecule has 0 spiro atoms. The van der Waals surface area contributed by atoms with E-state index in [1.54, 1.807) is 38.1 Å². The van der Waals surface area contributed by atoms with Gasteiger partial charge in [-0.1, -0.05) is 17.7 Å². The normalized spacial score (nSPS) is 27.6. The average Bonchev–Trinajstić information content (AvgIpc) is 3.06. The van der Waals surface area contributed by atoms with E-state index in [1.807, 2.05) is 6.92 Å². The molecule has 1 aliphatic carbocycles. The zero-order chi connectivity index (χ0) is 18.2. The molecular weight excluding hydrogens is 346 g/mol. The molecule has 8 heteroatoms. The first-order valence-corrected chi connectivity index (χ1v) is 9.94. The number of ether oxygens (including phenoxy) is 3. The third-order valence-electron chi connectivity index (χ3n) is 4.69. The molecule has 138 valence electrons. The summed E-state index contributed by atoms with van der Waals surface area (Å²) in [5.74, 6) is -1.25. The van der Waals surface area contributed by atoms with Crippen LogP contribution >= 0.6 is 0 Å². The summed E-state index contributed by atoms with van der Waals surface area (Å²) in [6.45, 7) is 6.11. The van der Waals surface area contributed by atoms with Gasteiger partial charge in [-0.3, -0.25) is 0 Å². The summed E-state index contributed by atoms with van der Waals surface area (Å²) in [6.07, 6.45) is -1.35. The predicted octanol–water partition coefficient (Wildman–Crippen LogP) is 1.79. The van der Waals surface area contributed by atoms with Gasteiger partial charge in [-0.15, -0.1) is 0 Å². The monoisotopic (exact) mass is 369 g/mol. The van der Waals surface area contributed by atoms with E-state index in [4.69, 9.17) is 14.2 Å². The number of benzene rings is 1. The highest BCUT2D eigenvalue weighted by atomic mass is 32.2. The van der Waals surface area contributed by atoms with E-state index < -0.39 is 39.1 Å². The van der Waals surface area contributed by atoms with Gasteiger partial charge in [0.15, 0.2) is 15.9 Å². The molecule has 1 aromatic carbocycles. The van der Waals surface area contributed by atoms with Crippen LogP contribution in [0.1, 0.15) is 25.8 Å². The van der Waals surface area contributed by atoms with Gasteiger partial charge in [0.25, 0.3) is 0 Å². The Morgan fingerprint density at radius 1 is 1.20 bits per heavy atom. The van der Waals surface area contributed by atoms with Crippen LogP contribution in [0.5, 0.6) is 0 Å². The first-order valence-electron chi connectivity index (χ1n) is 8.39. The molecule has 1 aliphatic heterocycles. The Hall–Kier alpha value is -1.64. The molecule has 0 radical (unpaired) electrons. The molecule has 25 heavy (non-hydrogen) atoms. The van der Waals surface area contributed by atoms with Crippen LogP contribution in [0.15, 0.2) is 29.2 Å². The summed E-state index contributed by atoms with van der Waals surface area (Å²) >= 11 is 0. The minimum Gasteiger partial charge on any atom is -0.438 e. The van der Waals surface area contributed by atoms with E-state index in [1.165, 1.54) is 0 Å². The number of fused-ring (bicyclic) bond motifs is 1. The van der Waals surface area contributed by atoms with Crippen LogP contribution in [0.4, 0.5) is 4.79 Å². The first-order chi connectivity index (χ1) is 11.8. The quantitative estimate of drug-likeness (QED) is 0.769. The second kappa shape index (κ2) is 6.59. The number of aryl methyl sites for hydroxylation is 1. The van der Waals surface area contributed by atoms with Crippen molar-refractivity contribution in [2.75, 3.05) is 13.2 Å². The summed E-state index contributed by atoms with van der Waals surface area (Å²) in [5.41, 5.74) is 0.971. The van der Waals surface area contributed by atoms with E-state index in [0.717, 1.165) is 5.56 Å². The topological polar surface area (TPSA) is 90.9 Å². The molecule has 1 amide bonds. The van der Waals surface area contributed by atoms with Crippen molar-refractivity contribution in [2.24, 2.45) is 0 Å². The third-order valence-corrected chi connectivity index (χ3v) is 6.88. The van der Waals surface area contributed by atoms with Crippen LogP contribution in [0.2, 0.25) is 0 Å². The lowest BCUT2D eigenvalue weighted by molar-refractivity contribution is -0.263. The van der Waals surface area contributed by atoms with Gasteiger partial charge in [0, 0.05) is 19.6 Å². The molecule has 3 rings (SSSR count). The Balaban J connectivity index is 2.01. The summed E-state index contributed by atoms with van der Waals surface area (Å²) in [7, 11) is -3.70. The number of rotatable bonds is 6. The number of nitrogens with one attached hydrogen (secondary N) is 1. The van der Waals surface area contributed by atoms with Crippen LogP contribution in [0.3, 0.4) is 0 Å². The van der Waals surface area contributed by atoms with E-state index in [0.29, 0.717) is 13.2 Å². The number of carbonyl (C=O) groups excluding carboxylic acids is 1. The number of carbonyl (C=O) groups is 1. The maximum absolute atomic E-state index is 13.2. The van der Waals surface area contributed by atoms with Crippen LogP contribution < -0.4 is 5.32 Å². The zero-order valence-corrected chi connectivity index (χ0v) is 15.3. The van der Waals surface area contributed by atoms with Crippen molar-refractivity contribution >= 4 is 15.9 Å². The molecule has 1 saturated carbocycles. The molecule has 1 aromatic rings. The number of amides is 1. The highest BCUT2D eigenvalue weighted by molar-refractivity contribution is 7.92. The van der Waals surface area contributed by atoms with Crippen molar-refractivity contribution in [3.63, 3.8) is 0 Å². The molecule has 7 nitrogen and oxygen atoms in total. The van der Waals surface area contributed by atoms with E-state index in [-0.39, 0.29) is 11.3 Å². The van der Waals surface area contributed by atoms with Crippen LogP contribution in [0.25, 0.3) is 0 Å². The minimum absolute atomic E-state index is 0.0977. The van der Waals surface area contributed by atoms with Gasteiger partial charge in [0.1, 0.15) is 0 Å². The van der Waals surface area contributed by atoms with Crippen molar-refractivity contribution in [3.8, 4) is 0 Å². The van der Waals surface area contributed by atoms with Crippen molar-refractivity contribution in [2.45, 2.75) is 55.3 Å². The maximum Gasteiger partial charge on any atom is 0.408 e. The van der Waals surface area contributed by atoms with Gasteiger partial charge in [-0.25, -0.2) is 13.2 Å². The number of sulfone groups is 1. The minimum atomic E-state index is -3.70. The first kappa shape index (κ1) is 18.2. The highest BCUT2D eigenvalue weighted by Gasteiger charge is 2.64. The molecule has 0 bridgehead atoms. The molecule has 0 aromatic heterocycles. The van der Waals surface area contributed by atoms with Crippen molar-refractivity contribution in [1.29, 1.82) is 0 Å². The lowest BCUT2D eigenvalue weighted by Gasteiger charge is -2.32. The van der Waals surface area contributed by atoms with Gasteiger partial charge in [-0.05, 0) is 32.9 Å². The summed E-state index contributed by atoms with van der Waals surface area (Å²) < 4.78 is 43.2. The number of hydrogen-bond donors (Lipinski definition) is 1. The van der Waals surface area contributed by atoms with Crippen LogP contribution in [-0.2, 0) is 24.0 Å². The predicted molar refractivity (Wildman–Crippen MR) is 89.9 cm³/mol. The molecule has 1 saturated heterocycles. The van der Waals surface area contributed by atoms with Gasteiger partial charge >= 0.3 is 6.09 Å². The van der Waals surface area contributed by atoms with Crippen LogP contribution in [-0.4, -0.2) is 50.9 Å². The fourth-order valence-corrected chi connectivity index (χ4v) is 5.54. The number of hydrogen-bond acceptors (Lipinski definition) is 6. The third kappa shape index (κ3) is 3.02. The Morgan fingerprint density at radius 2 is 1.80 bits per heavy atom. The molecule has 3 atom stereocenters. The molecule has 2 aliphatic rings. The fraction of sp³-hybridized carbons (Fsp3) is 0.588. The Kier molecular flexibility index (Phi) is 4.78. The fourth-order valence-electron chi connectivity index (χ4n) is 3.63. The smallest absolute Gasteiger partial charge is 0.408 e. The summed E-state index contributed by atoms with van der Waals surface area (Å²) in [5, 5.41) is 1.74. The van der Waals surface area contributed by atoms with E-state index in [9.17, 15) is 13.2 Å². The van der Waals surface area contributed by atoms with Gasteiger partial charge < -0.3 is 19.5 Å². The van der Waals surface area contributed by atoms with E-state index >= 15 is 0 Å². The van der Waals surface area contributed by atoms with Crippen molar-refractivity contribution < 1.29 is 27.4 Å². The largest absolute Gasteiger partial charge is 0.438 e. The zero-order valence-electron chi connectivity index (χ0n) is 14.5. The Labute approximate surface area is 147 Å². The Bertz CT molecular complexity index is 739. The summed E-state index contributed by atoms with van der Waals surface area (Å²) in [4.78, 5) is 12.0. The summed E-state index contributed by atoms with van der Waals surface area (Å²) in [6, 6.07) is 5.96. The molecule has 2 fully saturated rings. The van der Waals surface area contributed by atoms with Crippen molar-refractivity contribution in [3.05, 3.63) is 29.8 Å². The molecule has 1 heterocycles. The maximum atomic E-state index is 13.2. The van der Waals surface area contributed by atoms with Crippen LogP contribution in [0, 0.1) is 6.92 Å².